The van der Waals surface area contributed by atoms with Crippen molar-refractivity contribution in [3.63, 3.8) is 0 Å². The van der Waals surface area contributed by atoms with Crippen LogP contribution in [0.3, 0.4) is 0 Å². The predicted octanol–water partition coefficient (Wildman–Crippen LogP) is 2.11. The van der Waals surface area contributed by atoms with Crippen molar-refractivity contribution in [2.45, 2.75) is 32.4 Å². The highest BCUT2D eigenvalue weighted by molar-refractivity contribution is 7.99. The summed E-state index contributed by atoms with van der Waals surface area (Å²) in [7, 11) is 0. The molecule has 1 nitrogen and oxygen atoms in total. The van der Waals surface area contributed by atoms with Crippen LogP contribution in [-0.2, 0) is 0 Å². The number of hydrogen-bond donors (Lipinski definition) is 1. The molecule has 0 saturated carbocycles. The van der Waals surface area contributed by atoms with Crippen LogP contribution < -0.4 is 5.73 Å². The van der Waals surface area contributed by atoms with Crippen LogP contribution in [0.25, 0.3) is 0 Å². The number of thioether (sulfide) groups is 1. The minimum absolute atomic E-state index is 0.743. The summed E-state index contributed by atoms with van der Waals surface area (Å²) in [6.07, 6.45) is 1.15. The van der Waals surface area contributed by atoms with Crippen molar-refractivity contribution in [2.24, 2.45) is 11.7 Å². The van der Waals surface area contributed by atoms with Gasteiger partial charge in [-0.1, -0.05) is 20.8 Å². The zero-order chi connectivity index (χ0) is 7.98. The lowest BCUT2D eigenvalue weighted by molar-refractivity contribution is 0.742. The molecule has 0 amide bonds. The molecule has 0 bridgehead atoms. The standard InChI is InChI=1S/C8H19NS/c1-7(2)6-10-8(3)4-5-9/h7-8H,4-6,9H2,1-3H3. The lowest BCUT2D eigenvalue weighted by Crippen LogP contribution is -2.08. The summed E-state index contributed by atoms with van der Waals surface area (Å²) in [6, 6.07) is 0. The van der Waals surface area contributed by atoms with Gasteiger partial charge in [-0.3, -0.25) is 0 Å². The molecule has 0 aliphatic rings. The molecule has 0 heterocycles. The molecule has 0 rings (SSSR count). The Bertz CT molecular complexity index is 73.7. The molecule has 0 aromatic rings. The van der Waals surface area contributed by atoms with Gasteiger partial charge in [0.05, 0.1) is 0 Å². The highest BCUT2D eigenvalue weighted by atomic mass is 32.2. The predicted molar refractivity (Wildman–Crippen MR) is 50.4 cm³/mol. The van der Waals surface area contributed by atoms with E-state index < -0.39 is 0 Å². The Labute approximate surface area is 68.8 Å². The molecule has 0 saturated heterocycles. The summed E-state index contributed by atoms with van der Waals surface area (Å²) in [6.45, 7) is 7.58. The molecule has 0 spiro atoms. The van der Waals surface area contributed by atoms with Crippen molar-refractivity contribution in [2.75, 3.05) is 12.3 Å². The average Bonchev–Trinajstić information content (AvgIpc) is 1.85. The Kier molecular flexibility index (Phi) is 6.24. The summed E-state index contributed by atoms with van der Waals surface area (Å²) in [5.41, 5.74) is 5.42. The molecule has 62 valence electrons. The van der Waals surface area contributed by atoms with E-state index in [2.05, 4.69) is 20.8 Å². The van der Waals surface area contributed by atoms with Gasteiger partial charge in [0.1, 0.15) is 0 Å². The van der Waals surface area contributed by atoms with E-state index in [0.717, 1.165) is 24.1 Å². The third kappa shape index (κ3) is 6.43. The van der Waals surface area contributed by atoms with E-state index in [1.165, 1.54) is 5.75 Å². The van der Waals surface area contributed by atoms with E-state index >= 15 is 0 Å². The fourth-order valence-corrected chi connectivity index (χ4v) is 1.69. The van der Waals surface area contributed by atoms with Crippen molar-refractivity contribution in [3.8, 4) is 0 Å². The molecule has 1 atom stereocenters. The van der Waals surface area contributed by atoms with Crippen LogP contribution in [0.4, 0.5) is 0 Å². The smallest absolute Gasteiger partial charge is 0.00308 e. The summed E-state index contributed by atoms with van der Waals surface area (Å²) >= 11 is 2.03. The highest BCUT2D eigenvalue weighted by Gasteiger charge is 2.01. The first-order chi connectivity index (χ1) is 4.66. The fraction of sp³-hybridized carbons (Fsp3) is 1.00. The topological polar surface area (TPSA) is 26.0 Å². The molecular formula is C8H19NS. The zero-order valence-electron chi connectivity index (χ0n) is 7.26. The molecular weight excluding hydrogens is 142 g/mol. The molecule has 2 heteroatoms. The minimum atomic E-state index is 0.743. The Morgan fingerprint density at radius 3 is 2.30 bits per heavy atom. The molecule has 0 aliphatic heterocycles. The lowest BCUT2D eigenvalue weighted by Gasteiger charge is -2.10. The van der Waals surface area contributed by atoms with E-state index in [9.17, 15) is 0 Å². The second kappa shape index (κ2) is 6.05. The van der Waals surface area contributed by atoms with Gasteiger partial charge < -0.3 is 5.73 Å². The second-order valence-corrected chi connectivity index (χ2v) is 4.59. The van der Waals surface area contributed by atoms with E-state index in [0.29, 0.717) is 0 Å². The molecule has 0 aromatic carbocycles. The van der Waals surface area contributed by atoms with Gasteiger partial charge in [-0.2, -0.15) is 11.8 Å². The first kappa shape index (κ1) is 10.3. The summed E-state index contributed by atoms with van der Waals surface area (Å²) < 4.78 is 0. The Hall–Kier alpha value is 0.310. The maximum Gasteiger partial charge on any atom is 0.00308 e. The number of hydrogen-bond acceptors (Lipinski definition) is 2. The van der Waals surface area contributed by atoms with Gasteiger partial charge in [-0.25, -0.2) is 0 Å². The molecule has 0 radical (unpaired) electrons. The van der Waals surface area contributed by atoms with Gasteiger partial charge in [0.15, 0.2) is 0 Å². The van der Waals surface area contributed by atoms with Crippen LogP contribution in [0, 0.1) is 5.92 Å². The van der Waals surface area contributed by atoms with Crippen molar-refractivity contribution in [1.82, 2.24) is 0 Å². The first-order valence-corrected chi connectivity index (χ1v) is 5.03. The average molecular weight is 161 g/mol. The van der Waals surface area contributed by atoms with E-state index in [1.807, 2.05) is 11.8 Å². The molecule has 2 N–H and O–H groups in total. The minimum Gasteiger partial charge on any atom is -0.330 e. The van der Waals surface area contributed by atoms with E-state index in [-0.39, 0.29) is 0 Å². The Balaban J connectivity index is 3.12. The highest BCUT2D eigenvalue weighted by Crippen LogP contribution is 2.16. The van der Waals surface area contributed by atoms with Crippen LogP contribution >= 0.6 is 11.8 Å². The van der Waals surface area contributed by atoms with Crippen molar-refractivity contribution >= 4 is 11.8 Å². The molecule has 0 aliphatic carbocycles. The summed E-state index contributed by atoms with van der Waals surface area (Å²) in [5.74, 6) is 2.08. The van der Waals surface area contributed by atoms with Gasteiger partial charge >= 0.3 is 0 Å². The third-order valence-electron chi connectivity index (χ3n) is 1.29. The Morgan fingerprint density at radius 2 is 1.90 bits per heavy atom. The van der Waals surface area contributed by atoms with Crippen molar-refractivity contribution < 1.29 is 0 Å². The number of nitrogens with two attached hydrogens (primary N) is 1. The van der Waals surface area contributed by atoms with Crippen LogP contribution in [-0.4, -0.2) is 17.5 Å². The van der Waals surface area contributed by atoms with Crippen LogP contribution in [0.1, 0.15) is 27.2 Å². The van der Waals surface area contributed by atoms with Gasteiger partial charge in [0.25, 0.3) is 0 Å². The second-order valence-electron chi connectivity index (χ2n) is 3.12. The molecule has 10 heavy (non-hydrogen) atoms. The summed E-state index contributed by atoms with van der Waals surface area (Å²) in [5, 5.41) is 0.743. The van der Waals surface area contributed by atoms with Gasteiger partial charge in [-0.15, -0.1) is 0 Å². The lowest BCUT2D eigenvalue weighted by atomic mass is 10.3. The van der Waals surface area contributed by atoms with Gasteiger partial charge in [0, 0.05) is 5.25 Å². The SMILES string of the molecule is CC(C)CSC(C)CCN. The monoisotopic (exact) mass is 161 g/mol. The largest absolute Gasteiger partial charge is 0.330 e. The quantitative estimate of drug-likeness (QED) is 0.668. The summed E-state index contributed by atoms with van der Waals surface area (Å²) in [4.78, 5) is 0. The van der Waals surface area contributed by atoms with Gasteiger partial charge in [0.2, 0.25) is 0 Å². The first-order valence-electron chi connectivity index (χ1n) is 3.98. The van der Waals surface area contributed by atoms with Gasteiger partial charge in [-0.05, 0) is 24.6 Å². The van der Waals surface area contributed by atoms with Crippen LogP contribution in [0.2, 0.25) is 0 Å². The van der Waals surface area contributed by atoms with Crippen LogP contribution in [0.15, 0.2) is 0 Å². The number of rotatable bonds is 5. The fourth-order valence-electron chi connectivity index (χ4n) is 0.675. The Morgan fingerprint density at radius 1 is 1.30 bits per heavy atom. The van der Waals surface area contributed by atoms with E-state index in [1.54, 1.807) is 0 Å². The van der Waals surface area contributed by atoms with E-state index in [4.69, 9.17) is 5.73 Å². The molecule has 1 unspecified atom stereocenters. The van der Waals surface area contributed by atoms with Crippen molar-refractivity contribution in [3.05, 3.63) is 0 Å². The molecule has 0 aromatic heterocycles. The third-order valence-corrected chi connectivity index (χ3v) is 2.95. The molecule has 0 fully saturated rings. The zero-order valence-corrected chi connectivity index (χ0v) is 8.08. The van der Waals surface area contributed by atoms with Crippen molar-refractivity contribution in [1.29, 1.82) is 0 Å². The normalized spacial score (nSPS) is 14.1. The van der Waals surface area contributed by atoms with Crippen LogP contribution in [0.5, 0.6) is 0 Å². The maximum absolute atomic E-state index is 5.42. The maximum atomic E-state index is 5.42.